The Kier molecular flexibility index (Phi) is 6.22. The van der Waals surface area contributed by atoms with Gasteiger partial charge in [-0.1, -0.05) is 12.1 Å². The average Bonchev–Trinajstić information content (AvgIpc) is 2.56. The van der Waals surface area contributed by atoms with Gasteiger partial charge in [0.1, 0.15) is 5.75 Å². The van der Waals surface area contributed by atoms with E-state index in [9.17, 15) is 4.79 Å². The Morgan fingerprint density at radius 2 is 2.00 bits per heavy atom. The van der Waals surface area contributed by atoms with Crippen LogP contribution in [0.5, 0.6) is 5.75 Å². The first-order chi connectivity index (χ1) is 11.1. The number of piperazine rings is 1. The van der Waals surface area contributed by atoms with E-state index >= 15 is 0 Å². The van der Waals surface area contributed by atoms with Gasteiger partial charge in [-0.15, -0.1) is 0 Å². The van der Waals surface area contributed by atoms with Gasteiger partial charge in [-0.05, 0) is 12.1 Å². The molecule has 0 radical (unpaired) electrons. The zero-order valence-corrected chi connectivity index (χ0v) is 13.8. The lowest BCUT2D eigenvalue weighted by molar-refractivity contribution is -0.130. The minimum atomic E-state index is 0.146. The van der Waals surface area contributed by atoms with E-state index in [-0.39, 0.29) is 5.91 Å². The number of nitrogens with zero attached hydrogens (tertiary/aromatic N) is 3. The maximum absolute atomic E-state index is 11.3. The van der Waals surface area contributed by atoms with E-state index in [1.165, 1.54) is 0 Å². The highest BCUT2D eigenvalue weighted by molar-refractivity contribution is 5.93. The molecular weight excluding hydrogens is 294 g/mol. The van der Waals surface area contributed by atoms with Gasteiger partial charge in [0.2, 0.25) is 5.91 Å². The molecule has 0 bridgehead atoms. The predicted octanol–water partition coefficient (Wildman–Crippen LogP) is 0.586. The Bertz CT molecular complexity index is 553. The lowest BCUT2D eigenvalue weighted by atomic mass is 10.3. The normalized spacial score (nSPS) is 16.3. The maximum Gasteiger partial charge on any atom is 0.219 e. The number of para-hydroxylation sites is 2. The van der Waals surface area contributed by atoms with Gasteiger partial charge in [0.25, 0.3) is 0 Å². The average molecular weight is 319 g/mol. The molecule has 7 heteroatoms. The van der Waals surface area contributed by atoms with Crippen LogP contribution in [0.15, 0.2) is 29.3 Å². The van der Waals surface area contributed by atoms with Gasteiger partial charge in [0.15, 0.2) is 5.96 Å². The van der Waals surface area contributed by atoms with Crippen molar-refractivity contribution in [2.24, 2.45) is 10.7 Å². The second-order valence-corrected chi connectivity index (χ2v) is 5.44. The standard InChI is InChI=1S/C16H25N5O2/c1-13(22)21-11-9-20(10-12-21)8-7-18-16(17)19-14-5-3-4-6-15(14)23-2/h3-6H,7-12H2,1-2H3,(H3,17,18,19). The lowest BCUT2D eigenvalue weighted by Crippen LogP contribution is -2.48. The first-order valence-electron chi connectivity index (χ1n) is 7.78. The van der Waals surface area contributed by atoms with E-state index in [0.29, 0.717) is 12.5 Å². The van der Waals surface area contributed by atoms with E-state index in [2.05, 4.69) is 15.2 Å². The van der Waals surface area contributed by atoms with Crippen molar-refractivity contribution in [2.45, 2.75) is 6.92 Å². The summed E-state index contributed by atoms with van der Waals surface area (Å²) in [5, 5.41) is 3.05. The Labute approximate surface area is 137 Å². The van der Waals surface area contributed by atoms with Gasteiger partial charge >= 0.3 is 0 Å². The second kappa shape index (κ2) is 8.38. The van der Waals surface area contributed by atoms with Crippen molar-refractivity contribution < 1.29 is 9.53 Å². The second-order valence-electron chi connectivity index (χ2n) is 5.44. The first-order valence-corrected chi connectivity index (χ1v) is 7.78. The third-order valence-electron chi connectivity index (χ3n) is 3.89. The summed E-state index contributed by atoms with van der Waals surface area (Å²) >= 11 is 0. The van der Waals surface area contributed by atoms with E-state index in [4.69, 9.17) is 10.5 Å². The number of hydrogen-bond acceptors (Lipinski definition) is 4. The molecule has 0 unspecified atom stereocenters. The van der Waals surface area contributed by atoms with E-state index in [1.807, 2.05) is 29.2 Å². The topological polar surface area (TPSA) is 83.2 Å². The van der Waals surface area contributed by atoms with Crippen molar-refractivity contribution >= 4 is 17.6 Å². The maximum atomic E-state index is 11.3. The largest absolute Gasteiger partial charge is 0.495 e. The molecule has 3 N–H and O–H groups in total. The smallest absolute Gasteiger partial charge is 0.219 e. The third-order valence-corrected chi connectivity index (χ3v) is 3.89. The van der Waals surface area contributed by atoms with Crippen molar-refractivity contribution in [1.29, 1.82) is 0 Å². The Balaban J connectivity index is 1.76. The minimum Gasteiger partial charge on any atom is -0.495 e. The SMILES string of the molecule is COc1ccccc1NC(N)=NCCN1CCN(C(C)=O)CC1. The van der Waals surface area contributed by atoms with Crippen LogP contribution in [-0.4, -0.2) is 68.0 Å². The van der Waals surface area contributed by atoms with Crippen LogP contribution in [0.3, 0.4) is 0 Å². The number of benzene rings is 1. The number of nitrogens with one attached hydrogen (secondary N) is 1. The number of rotatable bonds is 5. The quantitative estimate of drug-likeness (QED) is 0.613. The fourth-order valence-corrected chi connectivity index (χ4v) is 2.52. The molecule has 2 rings (SSSR count). The molecule has 0 saturated carbocycles. The summed E-state index contributed by atoms with van der Waals surface area (Å²) in [6, 6.07) is 7.57. The van der Waals surface area contributed by atoms with Gasteiger partial charge in [0, 0.05) is 39.6 Å². The summed E-state index contributed by atoms with van der Waals surface area (Å²) in [6.07, 6.45) is 0. The number of ether oxygens (including phenoxy) is 1. The van der Waals surface area contributed by atoms with Crippen LogP contribution in [0.25, 0.3) is 0 Å². The number of aliphatic imine (C=N–C) groups is 1. The van der Waals surface area contributed by atoms with E-state index < -0.39 is 0 Å². The van der Waals surface area contributed by atoms with Crippen LogP contribution >= 0.6 is 0 Å². The summed E-state index contributed by atoms with van der Waals surface area (Å²) < 4.78 is 5.26. The molecule has 1 aliphatic rings. The molecular formula is C16H25N5O2. The van der Waals surface area contributed by atoms with Crippen molar-refractivity contribution in [3.8, 4) is 5.75 Å². The monoisotopic (exact) mass is 319 g/mol. The van der Waals surface area contributed by atoms with Crippen LogP contribution in [0.2, 0.25) is 0 Å². The number of guanidine groups is 1. The molecule has 23 heavy (non-hydrogen) atoms. The molecule has 7 nitrogen and oxygen atoms in total. The first kappa shape index (κ1) is 17.1. The van der Waals surface area contributed by atoms with Gasteiger partial charge in [-0.2, -0.15) is 0 Å². The number of methoxy groups -OCH3 is 1. The molecule has 1 heterocycles. The van der Waals surface area contributed by atoms with Gasteiger partial charge in [-0.3, -0.25) is 14.7 Å². The zero-order chi connectivity index (χ0) is 16.7. The summed E-state index contributed by atoms with van der Waals surface area (Å²) in [4.78, 5) is 19.8. The molecule has 1 aromatic rings. The fourth-order valence-electron chi connectivity index (χ4n) is 2.52. The van der Waals surface area contributed by atoms with Gasteiger partial charge in [-0.25, -0.2) is 0 Å². The number of nitrogens with two attached hydrogens (primary N) is 1. The molecule has 1 fully saturated rings. The fraction of sp³-hybridized carbons (Fsp3) is 0.500. The summed E-state index contributed by atoms with van der Waals surface area (Å²) in [5.74, 6) is 1.25. The molecule has 1 aromatic carbocycles. The molecule has 1 saturated heterocycles. The molecule has 0 aliphatic carbocycles. The minimum absolute atomic E-state index is 0.146. The Hall–Kier alpha value is -2.28. The zero-order valence-electron chi connectivity index (χ0n) is 13.8. The molecule has 1 aliphatic heterocycles. The number of hydrogen-bond donors (Lipinski definition) is 2. The molecule has 0 aromatic heterocycles. The molecule has 0 atom stereocenters. The Morgan fingerprint density at radius 3 is 2.65 bits per heavy atom. The highest BCUT2D eigenvalue weighted by atomic mass is 16.5. The van der Waals surface area contributed by atoms with Crippen molar-refractivity contribution in [1.82, 2.24) is 9.80 Å². The van der Waals surface area contributed by atoms with Crippen LogP contribution in [-0.2, 0) is 4.79 Å². The van der Waals surface area contributed by atoms with Crippen LogP contribution in [0, 0.1) is 0 Å². The van der Waals surface area contributed by atoms with Gasteiger partial charge < -0.3 is 20.7 Å². The van der Waals surface area contributed by atoms with Crippen LogP contribution in [0.4, 0.5) is 5.69 Å². The summed E-state index contributed by atoms with van der Waals surface area (Å²) in [7, 11) is 1.62. The Morgan fingerprint density at radius 1 is 1.30 bits per heavy atom. The number of carbonyl (C=O) groups excluding carboxylic acids is 1. The van der Waals surface area contributed by atoms with Crippen molar-refractivity contribution in [3.05, 3.63) is 24.3 Å². The number of carbonyl (C=O) groups is 1. The van der Waals surface area contributed by atoms with Crippen LogP contribution in [0.1, 0.15) is 6.92 Å². The highest BCUT2D eigenvalue weighted by Crippen LogP contribution is 2.22. The van der Waals surface area contributed by atoms with Crippen molar-refractivity contribution in [2.75, 3.05) is 51.7 Å². The predicted molar refractivity (Wildman–Crippen MR) is 91.8 cm³/mol. The lowest BCUT2D eigenvalue weighted by Gasteiger charge is -2.33. The molecule has 0 spiro atoms. The third kappa shape index (κ3) is 5.14. The number of anilines is 1. The highest BCUT2D eigenvalue weighted by Gasteiger charge is 2.17. The number of amides is 1. The van der Waals surface area contributed by atoms with E-state index in [0.717, 1.165) is 44.2 Å². The molecule has 126 valence electrons. The van der Waals surface area contributed by atoms with Crippen LogP contribution < -0.4 is 15.8 Å². The van der Waals surface area contributed by atoms with E-state index in [1.54, 1.807) is 14.0 Å². The molecule has 1 amide bonds. The van der Waals surface area contributed by atoms with Crippen molar-refractivity contribution in [3.63, 3.8) is 0 Å². The summed E-state index contributed by atoms with van der Waals surface area (Å²) in [6.45, 7) is 6.41. The van der Waals surface area contributed by atoms with Gasteiger partial charge in [0.05, 0.1) is 19.3 Å². The summed E-state index contributed by atoms with van der Waals surface area (Å²) in [5.41, 5.74) is 6.72.